The minimum Gasteiger partial charge on any atom is -0.261 e. The Labute approximate surface area is 168 Å². The van der Waals surface area contributed by atoms with Crippen LogP contribution >= 0.6 is 11.3 Å². The van der Waals surface area contributed by atoms with Crippen LogP contribution in [-0.2, 0) is 0 Å². The molecule has 0 bridgehead atoms. The number of hydrogen-bond donors (Lipinski definition) is 0. The van der Waals surface area contributed by atoms with Crippen molar-refractivity contribution in [2.75, 3.05) is 0 Å². The largest absolute Gasteiger partial charge is 0.261 e. The van der Waals surface area contributed by atoms with Gasteiger partial charge in [-0.3, -0.25) is 4.99 Å². The Morgan fingerprint density at radius 1 is 1.27 bits per heavy atom. The van der Waals surface area contributed by atoms with E-state index in [0.717, 1.165) is 33.9 Å². The number of aliphatic imine (C=N–C) groups is 1. The van der Waals surface area contributed by atoms with Crippen LogP contribution in [0.5, 0.6) is 0 Å². The molecular formula is C23H26N2S. The first-order chi connectivity index (χ1) is 15.0. The number of rotatable bonds is 5. The molecule has 3 unspecified atom stereocenters. The third kappa shape index (κ3) is 3.21. The van der Waals surface area contributed by atoms with E-state index in [1.807, 2.05) is 25.1 Å². The molecule has 0 spiro atoms. The van der Waals surface area contributed by atoms with E-state index < -0.39 is 25.5 Å². The van der Waals surface area contributed by atoms with Gasteiger partial charge in [-0.05, 0) is 49.7 Å². The van der Waals surface area contributed by atoms with Crippen LogP contribution in [0.25, 0.3) is 20.3 Å². The summed E-state index contributed by atoms with van der Waals surface area (Å²) in [6.07, 6.45) is 2.39. The van der Waals surface area contributed by atoms with E-state index in [2.05, 4.69) is 16.9 Å². The SMILES string of the molecule is [2H]C1C(C([2H])(C)CCCC)=CN=C(c2cccc3c2sc2nc(C([2H])([2H])[2H])ccc23)C1[2H]. The molecule has 1 aromatic carbocycles. The molecule has 1 aliphatic heterocycles. The molecule has 0 saturated heterocycles. The molecule has 3 heterocycles. The van der Waals surface area contributed by atoms with Crippen molar-refractivity contribution < 1.29 is 8.22 Å². The van der Waals surface area contributed by atoms with Gasteiger partial charge >= 0.3 is 0 Å². The first-order valence-corrected chi connectivity index (χ1v) is 9.82. The molecule has 1 aliphatic rings. The molecule has 0 radical (unpaired) electrons. The van der Waals surface area contributed by atoms with Gasteiger partial charge in [0.15, 0.2) is 0 Å². The van der Waals surface area contributed by atoms with E-state index in [4.69, 9.17) is 8.22 Å². The Bertz CT molecular complexity index is 1220. The number of nitrogens with zero attached hydrogens (tertiary/aromatic N) is 2. The van der Waals surface area contributed by atoms with Crippen molar-refractivity contribution in [3.8, 4) is 0 Å². The van der Waals surface area contributed by atoms with Gasteiger partial charge in [0.25, 0.3) is 0 Å². The Morgan fingerprint density at radius 3 is 3.04 bits per heavy atom. The maximum atomic E-state index is 8.76. The summed E-state index contributed by atoms with van der Waals surface area (Å²) in [6.45, 7) is 1.62. The standard InChI is InChI=1S/C23H26N2S/c1-4-5-7-15(2)17-11-13-21(24-14-17)20-9-6-8-18-19-12-10-16(3)25-23(19)26-22(18)20/h6,8-10,12,14-15H,4-5,7,11,13H2,1-3H3/i3D3,11D,13D,15D. The Hall–Kier alpha value is -2.00. The van der Waals surface area contributed by atoms with E-state index in [-0.39, 0.29) is 5.69 Å². The zero-order chi connectivity index (χ0) is 23.3. The van der Waals surface area contributed by atoms with Crippen LogP contribution in [0.15, 0.2) is 47.1 Å². The van der Waals surface area contributed by atoms with E-state index in [0.29, 0.717) is 22.5 Å². The molecule has 3 aromatic rings. The van der Waals surface area contributed by atoms with E-state index in [9.17, 15) is 0 Å². The molecular weight excluding hydrogens is 336 g/mol. The van der Waals surface area contributed by atoms with Gasteiger partial charge in [0.05, 0.1) is 0 Å². The molecule has 2 aromatic heterocycles. The van der Waals surface area contributed by atoms with Crippen molar-refractivity contribution >= 4 is 37.4 Å². The first-order valence-electron chi connectivity index (χ1n) is 12.2. The normalized spacial score (nSPS) is 26.7. The predicted molar refractivity (Wildman–Crippen MR) is 114 cm³/mol. The van der Waals surface area contributed by atoms with Gasteiger partial charge in [-0.1, -0.05) is 44.9 Å². The summed E-state index contributed by atoms with van der Waals surface area (Å²) in [4.78, 5) is 9.59. The van der Waals surface area contributed by atoms with Crippen LogP contribution in [0.2, 0.25) is 0 Å². The molecule has 0 saturated carbocycles. The van der Waals surface area contributed by atoms with Crippen molar-refractivity contribution in [3.05, 3.63) is 53.4 Å². The maximum absolute atomic E-state index is 8.76. The van der Waals surface area contributed by atoms with E-state index >= 15 is 0 Å². The van der Waals surface area contributed by atoms with Crippen LogP contribution in [0.4, 0.5) is 0 Å². The average Bonchev–Trinajstić information content (AvgIpc) is 3.11. The molecule has 134 valence electrons. The highest BCUT2D eigenvalue weighted by Gasteiger charge is 2.18. The van der Waals surface area contributed by atoms with Crippen molar-refractivity contribution in [1.82, 2.24) is 4.98 Å². The quantitative estimate of drug-likeness (QED) is 0.473. The average molecular weight is 369 g/mol. The molecule has 3 atom stereocenters. The number of allylic oxidation sites excluding steroid dienone is 1. The predicted octanol–water partition coefficient (Wildman–Crippen LogP) is 7.05. The lowest BCUT2D eigenvalue weighted by molar-refractivity contribution is 0.553. The molecule has 26 heavy (non-hydrogen) atoms. The summed E-state index contributed by atoms with van der Waals surface area (Å²) in [7, 11) is 0. The van der Waals surface area contributed by atoms with Gasteiger partial charge in [0.2, 0.25) is 0 Å². The van der Waals surface area contributed by atoms with E-state index in [1.54, 1.807) is 18.3 Å². The van der Waals surface area contributed by atoms with Crippen LogP contribution in [0.3, 0.4) is 0 Å². The second kappa shape index (κ2) is 7.32. The number of thiophene rings is 1. The molecule has 0 amide bonds. The maximum Gasteiger partial charge on any atom is 0.124 e. The Kier molecular flexibility index (Phi) is 3.28. The van der Waals surface area contributed by atoms with Crippen LogP contribution in [-0.4, -0.2) is 10.7 Å². The van der Waals surface area contributed by atoms with Crippen molar-refractivity contribution in [3.63, 3.8) is 0 Å². The fourth-order valence-corrected chi connectivity index (χ4v) is 4.47. The lowest BCUT2D eigenvalue weighted by Crippen LogP contribution is -2.09. The number of benzene rings is 1. The minimum atomic E-state index is -2.27. The Balaban J connectivity index is 1.82. The topological polar surface area (TPSA) is 25.2 Å². The molecule has 2 nitrogen and oxygen atoms in total. The third-order valence-corrected chi connectivity index (χ3v) is 5.95. The number of pyridine rings is 1. The smallest absolute Gasteiger partial charge is 0.124 e. The summed E-state index contributed by atoms with van der Waals surface area (Å²) in [6, 6.07) is 9.08. The van der Waals surface area contributed by atoms with Crippen LogP contribution in [0.1, 0.15) is 65.4 Å². The highest BCUT2D eigenvalue weighted by Crippen LogP contribution is 2.36. The van der Waals surface area contributed by atoms with Gasteiger partial charge in [-0.25, -0.2) is 4.98 Å². The van der Waals surface area contributed by atoms with E-state index in [1.165, 1.54) is 11.3 Å². The van der Waals surface area contributed by atoms with Gasteiger partial charge in [0, 0.05) is 46.9 Å². The summed E-state index contributed by atoms with van der Waals surface area (Å²) in [5, 5.41) is 1.81. The minimum absolute atomic E-state index is 0.0621. The molecule has 0 fully saturated rings. The molecule has 0 aliphatic carbocycles. The van der Waals surface area contributed by atoms with Gasteiger partial charge in [-0.2, -0.15) is 0 Å². The number of aryl methyl sites for hydroxylation is 1. The first kappa shape index (κ1) is 11.7. The number of hydrogen-bond acceptors (Lipinski definition) is 3. The van der Waals surface area contributed by atoms with Crippen molar-refractivity contribution in [1.29, 1.82) is 0 Å². The van der Waals surface area contributed by atoms with Gasteiger partial charge in [0.1, 0.15) is 4.83 Å². The molecule has 3 heteroatoms. The highest BCUT2D eigenvalue weighted by atomic mass is 32.1. The Morgan fingerprint density at radius 2 is 2.19 bits per heavy atom. The molecule has 0 N–H and O–H groups in total. The lowest BCUT2D eigenvalue weighted by Gasteiger charge is -2.19. The zero-order valence-electron chi connectivity index (χ0n) is 21.0. The van der Waals surface area contributed by atoms with Crippen molar-refractivity contribution in [2.45, 2.75) is 52.8 Å². The fraction of sp³-hybridized carbons (Fsp3) is 0.391. The summed E-state index contributed by atoms with van der Waals surface area (Å²) < 4.78 is 49.9. The van der Waals surface area contributed by atoms with Crippen molar-refractivity contribution in [2.24, 2.45) is 10.9 Å². The van der Waals surface area contributed by atoms with Crippen LogP contribution < -0.4 is 0 Å². The lowest BCUT2D eigenvalue weighted by atomic mass is 9.89. The van der Waals surface area contributed by atoms with Gasteiger partial charge in [-0.15, -0.1) is 11.3 Å². The highest BCUT2D eigenvalue weighted by molar-refractivity contribution is 7.25. The summed E-state index contributed by atoms with van der Waals surface area (Å²) in [5.74, 6) is -0.907. The second-order valence-electron chi connectivity index (χ2n) is 6.65. The molecule has 4 rings (SSSR count). The number of fused-ring (bicyclic) bond motifs is 3. The third-order valence-electron chi connectivity index (χ3n) is 4.80. The number of aromatic nitrogens is 1. The second-order valence-corrected chi connectivity index (χ2v) is 7.65. The summed E-state index contributed by atoms with van der Waals surface area (Å²) in [5.41, 5.74) is 1.93. The van der Waals surface area contributed by atoms with Gasteiger partial charge < -0.3 is 0 Å². The monoisotopic (exact) mass is 368 g/mol. The fourth-order valence-electron chi connectivity index (χ4n) is 3.27. The zero-order valence-corrected chi connectivity index (χ0v) is 15.9. The number of unbranched alkanes of at least 4 members (excludes halogenated alkanes) is 1. The van der Waals surface area contributed by atoms with Crippen LogP contribution in [0, 0.1) is 12.7 Å². The summed E-state index contributed by atoms with van der Waals surface area (Å²) >= 11 is 1.39.